The number of sulfonamides is 2. The number of aromatic hydroxyl groups is 2. The highest BCUT2D eigenvalue weighted by Gasteiger charge is 2.22. The molecule has 0 aliphatic rings. The maximum Gasteiger partial charge on any atom is 0.323 e. The van der Waals surface area contributed by atoms with Crippen LogP contribution in [0.1, 0.15) is 11.1 Å². The molecule has 6 aromatic carbocycles. The van der Waals surface area contributed by atoms with Gasteiger partial charge < -0.3 is 20.8 Å². The van der Waals surface area contributed by atoms with Crippen LogP contribution < -0.4 is 20.1 Å². The van der Waals surface area contributed by atoms with Crippen molar-refractivity contribution in [2.75, 3.05) is 20.1 Å². The van der Waals surface area contributed by atoms with E-state index in [1.54, 1.807) is 0 Å². The predicted molar refractivity (Wildman–Crippen MR) is 207 cm³/mol. The molecule has 0 aliphatic heterocycles. The summed E-state index contributed by atoms with van der Waals surface area (Å²) in [6, 6.07) is 18.9. The Balaban J connectivity index is 1.19. The number of phenolic OH excluding ortho intramolecular Hbond substituents is 2. The molecule has 21 heteroatoms. The first-order valence-electron chi connectivity index (χ1n) is 15.8. The number of carbonyl (C=O) groups is 1. The molecule has 8 N–H and O–H groups in total. The number of rotatable bonds is 10. The highest BCUT2D eigenvalue weighted by Crippen LogP contribution is 2.34. The molecule has 17 nitrogen and oxygen atoms in total. The highest BCUT2D eigenvalue weighted by atomic mass is 32.2. The minimum absolute atomic E-state index is 0.00860. The average Bonchev–Trinajstić information content (AvgIpc) is 3.08. The molecule has 0 heterocycles. The number of carbonyl (C=O) groups excluding carboxylic acids is 1. The van der Waals surface area contributed by atoms with E-state index in [0.717, 1.165) is 24.3 Å². The van der Waals surface area contributed by atoms with Crippen molar-refractivity contribution in [3.05, 3.63) is 108 Å². The molecule has 2 amide bonds. The van der Waals surface area contributed by atoms with Gasteiger partial charge in [0.1, 0.15) is 11.5 Å². The zero-order valence-electron chi connectivity index (χ0n) is 28.8. The van der Waals surface area contributed by atoms with Crippen molar-refractivity contribution in [1.82, 2.24) is 0 Å². The fourth-order valence-electron chi connectivity index (χ4n) is 5.72. The quantitative estimate of drug-likeness (QED) is 0.0763. The Kier molecular flexibility index (Phi) is 10.1. The number of aryl methyl sites for hydroxylation is 2. The van der Waals surface area contributed by atoms with Crippen LogP contribution in [0.5, 0.6) is 11.5 Å². The van der Waals surface area contributed by atoms with Crippen molar-refractivity contribution in [1.29, 1.82) is 0 Å². The zero-order valence-corrected chi connectivity index (χ0v) is 32.1. The molecule has 56 heavy (non-hydrogen) atoms. The van der Waals surface area contributed by atoms with Gasteiger partial charge in [0.2, 0.25) is 0 Å². The summed E-state index contributed by atoms with van der Waals surface area (Å²) >= 11 is 0. The Morgan fingerprint density at radius 3 is 1.20 bits per heavy atom. The second-order valence-electron chi connectivity index (χ2n) is 12.5. The van der Waals surface area contributed by atoms with E-state index in [0.29, 0.717) is 11.1 Å². The maximum absolute atomic E-state index is 13.5. The van der Waals surface area contributed by atoms with Gasteiger partial charge in [-0.15, -0.1) is 0 Å². The molecular formula is C35H30N4O13S4. The van der Waals surface area contributed by atoms with Gasteiger partial charge in [0.25, 0.3) is 40.3 Å². The average molecular weight is 843 g/mol. The normalized spacial score (nSPS) is 12.4. The largest absolute Gasteiger partial charge is 0.507 e. The molecule has 0 bridgehead atoms. The topological polar surface area (TPSA) is 283 Å². The number of nitrogens with one attached hydrogen (secondary N) is 4. The molecule has 6 rings (SSSR count). The lowest BCUT2D eigenvalue weighted by molar-refractivity contribution is 0.262. The highest BCUT2D eigenvalue weighted by molar-refractivity contribution is 7.93. The molecule has 0 saturated carbocycles. The third-order valence-electron chi connectivity index (χ3n) is 8.38. The lowest BCUT2D eigenvalue weighted by atomic mass is 10.1. The van der Waals surface area contributed by atoms with Crippen LogP contribution in [0.15, 0.2) is 117 Å². The number of anilines is 4. The van der Waals surface area contributed by atoms with E-state index >= 15 is 0 Å². The Hall–Kier alpha value is -5.97. The Morgan fingerprint density at radius 1 is 0.482 bits per heavy atom. The molecule has 0 atom stereocenters. The fraction of sp³-hybridized carbons (Fsp3) is 0.0571. The number of fused-ring (bicyclic) bond motifs is 2. The van der Waals surface area contributed by atoms with Crippen LogP contribution in [0.25, 0.3) is 21.5 Å². The molecule has 0 fully saturated rings. The van der Waals surface area contributed by atoms with Crippen molar-refractivity contribution in [2.24, 2.45) is 0 Å². The predicted octanol–water partition coefficient (Wildman–Crippen LogP) is 5.76. The molecule has 0 aromatic heterocycles. The van der Waals surface area contributed by atoms with Gasteiger partial charge in [-0.05, 0) is 109 Å². The summed E-state index contributed by atoms with van der Waals surface area (Å²) in [5.74, 6) is -0.912. The third-order valence-corrected chi connectivity index (χ3v) is 13.1. The summed E-state index contributed by atoms with van der Waals surface area (Å²) in [6.45, 7) is 3.02. The monoisotopic (exact) mass is 842 g/mol. The van der Waals surface area contributed by atoms with Crippen LogP contribution in [0, 0.1) is 13.8 Å². The van der Waals surface area contributed by atoms with E-state index in [1.165, 1.54) is 86.6 Å². The van der Waals surface area contributed by atoms with Crippen molar-refractivity contribution < 1.29 is 57.8 Å². The SMILES string of the molecule is Cc1ccc(NC(=O)Nc2ccc(C)c(S(=O)(=O)Nc3ccc4c(O)cc(S(=O)(=O)O)cc4c3)c2)cc1S(=O)(=O)Nc1ccc2c(O)cc(S(=O)(=O)O)cc2c1. The van der Waals surface area contributed by atoms with Crippen LogP contribution in [-0.2, 0) is 40.3 Å². The van der Waals surface area contributed by atoms with Crippen molar-refractivity contribution >= 4 is 90.6 Å². The fourth-order valence-corrected chi connectivity index (χ4v) is 9.43. The van der Waals surface area contributed by atoms with Gasteiger partial charge in [-0.3, -0.25) is 18.5 Å². The number of urea groups is 1. The maximum atomic E-state index is 13.5. The van der Waals surface area contributed by atoms with E-state index in [2.05, 4.69) is 20.1 Å². The molecule has 0 unspecified atom stereocenters. The smallest absolute Gasteiger partial charge is 0.323 e. The molecular weight excluding hydrogens is 813 g/mol. The first-order chi connectivity index (χ1) is 26.0. The molecule has 0 saturated heterocycles. The van der Waals surface area contributed by atoms with Gasteiger partial charge in [-0.1, -0.05) is 12.1 Å². The molecule has 292 valence electrons. The zero-order chi connectivity index (χ0) is 41.0. The van der Waals surface area contributed by atoms with Crippen LogP contribution in [-0.4, -0.2) is 59.0 Å². The summed E-state index contributed by atoms with van der Waals surface area (Å²) in [5.41, 5.74) is 0.639. The second kappa shape index (κ2) is 14.3. The molecule has 0 radical (unpaired) electrons. The van der Waals surface area contributed by atoms with Crippen LogP contribution in [0.3, 0.4) is 0 Å². The van der Waals surface area contributed by atoms with Gasteiger partial charge in [-0.2, -0.15) is 16.8 Å². The summed E-state index contributed by atoms with van der Waals surface area (Å²) in [7, 11) is -18.0. The number of benzene rings is 6. The van der Waals surface area contributed by atoms with Crippen molar-refractivity contribution in [3.8, 4) is 11.5 Å². The van der Waals surface area contributed by atoms with Crippen molar-refractivity contribution in [3.63, 3.8) is 0 Å². The Morgan fingerprint density at radius 2 is 0.839 bits per heavy atom. The van der Waals surface area contributed by atoms with Crippen molar-refractivity contribution in [2.45, 2.75) is 33.4 Å². The van der Waals surface area contributed by atoms with Gasteiger partial charge in [0.15, 0.2) is 0 Å². The molecule has 6 aromatic rings. The molecule has 0 aliphatic carbocycles. The third kappa shape index (κ3) is 8.46. The second-order valence-corrected chi connectivity index (χ2v) is 18.6. The summed E-state index contributed by atoms with van der Waals surface area (Å²) in [6.07, 6.45) is 0. The summed E-state index contributed by atoms with van der Waals surface area (Å²) in [5, 5.41) is 26.0. The van der Waals surface area contributed by atoms with Gasteiger partial charge >= 0.3 is 6.03 Å². The first-order valence-corrected chi connectivity index (χ1v) is 21.7. The number of hydrogen-bond acceptors (Lipinski definition) is 11. The number of hydrogen-bond donors (Lipinski definition) is 8. The van der Waals surface area contributed by atoms with Crippen LogP contribution >= 0.6 is 0 Å². The Bertz CT molecular complexity index is 2880. The molecule has 0 spiro atoms. The van der Waals surface area contributed by atoms with Gasteiger partial charge in [0, 0.05) is 45.7 Å². The van der Waals surface area contributed by atoms with E-state index in [9.17, 15) is 57.8 Å². The van der Waals surface area contributed by atoms with E-state index in [4.69, 9.17) is 0 Å². The standard InChI is InChI=1S/C35H30N4O13S4/c1-19-3-5-23(15-33(19)53(43,44)38-25-7-9-29-21(11-25)13-27(17-31(29)40)55(47,48)49)36-35(42)37-24-6-4-20(2)34(16-24)54(45,46)39-26-8-10-30-22(12-26)14-28(18-32(30)41)56(50,51)52/h3-18,38-41H,1-2H3,(H2,36,37,42)(H,47,48,49)(H,50,51,52). The number of phenols is 2. The van der Waals surface area contributed by atoms with Gasteiger partial charge in [-0.25, -0.2) is 21.6 Å². The summed E-state index contributed by atoms with van der Waals surface area (Å²) < 4.78 is 124. The number of amides is 2. The van der Waals surface area contributed by atoms with E-state index in [1.807, 2.05) is 0 Å². The first kappa shape index (κ1) is 39.7. The lowest BCUT2D eigenvalue weighted by Crippen LogP contribution is -2.21. The van der Waals surface area contributed by atoms with E-state index in [-0.39, 0.29) is 54.1 Å². The minimum atomic E-state index is -4.68. The minimum Gasteiger partial charge on any atom is -0.507 e. The van der Waals surface area contributed by atoms with E-state index < -0.39 is 67.6 Å². The van der Waals surface area contributed by atoms with Crippen LogP contribution in [0.4, 0.5) is 27.5 Å². The van der Waals surface area contributed by atoms with Crippen LogP contribution in [0.2, 0.25) is 0 Å². The lowest BCUT2D eigenvalue weighted by Gasteiger charge is -2.15. The Labute approximate surface area is 320 Å². The van der Waals surface area contributed by atoms with Gasteiger partial charge in [0.05, 0.1) is 19.6 Å². The summed E-state index contributed by atoms with van der Waals surface area (Å²) in [4.78, 5) is 11.4.